The Bertz CT molecular complexity index is 478. The molecular formula is C11H12ClNO4S. The Morgan fingerprint density at radius 2 is 2.22 bits per heavy atom. The van der Waals surface area contributed by atoms with Crippen LogP contribution in [0, 0.1) is 10.1 Å². The van der Waals surface area contributed by atoms with Crippen molar-refractivity contribution in [2.45, 2.75) is 24.7 Å². The van der Waals surface area contributed by atoms with Gasteiger partial charge in [-0.25, -0.2) is 4.79 Å². The van der Waals surface area contributed by atoms with Gasteiger partial charge in [0.15, 0.2) is 0 Å². The lowest BCUT2D eigenvalue weighted by Crippen LogP contribution is -2.02. The van der Waals surface area contributed by atoms with Gasteiger partial charge in [0.05, 0.1) is 15.5 Å². The van der Waals surface area contributed by atoms with E-state index in [1.807, 2.05) is 6.92 Å². The van der Waals surface area contributed by atoms with Crippen molar-refractivity contribution in [2.24, 2.45) is 0 Å². The summed E-state index contributed by atoms with van der Waals surface area (Å²) in [5, 5.41) is 19.8. The van der Waals surface area contributed by atoms with E-state index in [2.05, 4.69) is 0 Å². The first-order valence-electron chi connectivity index (χ1n) is 5.31. The van der Waals surface area contributed by atoms with Gasteiger partial charge in [-0.1, -0.05) is 24.9 Å². The number of non-ortho nitro benzene ring substituents is 1. The minimum Gasteiger partial charge on any atom is -0.478 e. The zero-order valence-electron chi connectivity index (χ0n) is 9.68. The molecule has 0 atom stereocenters. The van der Waals surface area contributed by atoms with Gasteiger partial charge in [0.1, 0.15) is 0 Å². The molecule has 0 radical (unpaired) electrons. The number of halogens is 1. The molecule has 0 aliphatic carbocycles. The summed E-state index contributed by atoms with van der Waals surface area (Å²) in [6.07, 6.45) is 1.91. The number of carboxylic acids is 1. The number of carboxylic acid groups (broad SMARTS) is 1. The van der Waals surface area contributed by atoms with E-state index in [1.165, 1.54) is 17.8 Å². The number of hydrogen-bond donors (Lipinski definition) is 1. The van der Waals surface area contributed by atoms with Crippen LogP contribution < -0.4 is 0 Å². The third kappa shape index (κ3) is 3.61. The Balaban J connectivity index is 3.15. The van der Waals surface area contributed by atoms with Gasteiger partial charge in [0.2, 0.25) is 0 Å². The minimum absolute atomic E-state index is 0.114. The quantitative estimate of drug-likeness (QED) is 0.372. The van der Waals surface area contributed by atoms with Crippen LogP contribution in [-0.4, -0.2) is 21.8 Å². The van der Waals surface area contributed by atoms with Gasteiger partial charge < -0.3 is 5.11 Å². The van der Waals surface area contributed by atoms with E-state index in [-0.39, 0.29) is 16.3 Å². The number of thioether (sulfide) groups is 1. The maximum Gasteiger partial charge on any atom is 0.337 e. The summed E-state index contributed by atoms with van der Waals surface area (Å²) >= 11 is 7.22. The second kappa shape index (κ2) is 6.61. The van der Waals surface area contributed by atoms with Crippen LogP contribution in [0.15, 0.2) is 17.0 Å². The number of unbranched alkanes of at least 4 members (excludes halogenated alkanes) is 1. The summed E-state index contributed by atoms with van der Waals surface area (Å²) in [5.74, 6) is -0.478. The molecule has 1 aromatic rings. The summed E-state index contributed by atoms with van der Waals surface area (Å²) in [7, 11) is 0. The molecule has 0 aliphatic heterocycles. The number of hydrogen-bond acceptors (Lipinski definition) is 4. The summed E-state index contributed by atoms with van der Waals surface area (Å²) in [6.45, 7) is 2.02. The van der Waals surface area contributed by atoms with E-state index in [1.54, 1.807) is 0 Å². The van der Waals surface area contributed by atoms with Gasteiger partial charge >= 0.3 is 5.97 Å². The predicted octanol–water partition coefficient (Wildman–Crippen LogP) is 3.84. The molecule has 7 heteroatoms. The van der Waals surface area contributed by atoms with E-state index in [9.17, 15) is 14.9 Å². The van der Waals surface area contributed by atoms with E-state index >= 15 is 0 Å². The Labute approximate surface area is 113 Å². The van der Waals surface area contributed by atoms with Crippen molar-refractivity contribution in [2.75, 3.05) is 5.75 Å². The summed E-state index contributed by atoms with van der Waals surface area (Å²) in [6, 6.07) is 2.23. The van der Waals surface area contributed by atoms with Gasteiger partial charge in [-0.2, -0.15) is 0 Å². The van der Waals surface area contributed by atoms with Crippen LogP contribution >= 0.6 is 23.4 Å². The molecule has 0 unspecified atom stereocenters. The second-order valence-corrected chi connectivity index (χ2v) is 5.08. The lowest BCUT2D eigenvalue weighted by Gasteiger charge is -2.07. The molecule has 1 aromatic carbocycles. The molecule has 5 nitrogen and oxygen atoms in total. The average molecular weight is 290 g/mol. The average Bonchev–Trinajstić information content (AvgIpc) is 2.30. The highest BCUT2D eigenvalue weighted by atomic mass is 35.5. The number of aromatic carboxylic acids is 1. The molecule has 0 saturated carbocycles. The third-order valence-electron chi connectivity index (χ3n) is 2.21. The highest BCUT2D eigenvalue weighted by Crippen LogP contribution is 2.35. The standard InChI is InChI=1S/C11H12ClNO4S/c1-2-3-4-18-10-8(11(14)15)5-7(13(16)17)6-9(10)12/h5-6H,2-4H2,1H3,(H,14,15). The van der Waals surface area contributed by atoms with Crippen molar-refractivity contribution in [1.82, 2.24) is 0 Å². The fraction of sp³-hybridized carbons (Fsp3) is 0.364. The molecule has 1 rings (SSSR count). The second-order valence-electron chi connectivity index (χ2n) is 3.57. The zero-order valence-corrected chi connectivity index (χ0v) is 11.3. The van der Waals surface area contributed by atoms with Crippen LogP contribution in [0.2, 0.25) is 5.02 Å². The molecule has 98 valence electrons. The van der Waals surface area contributed by atoms with Crippen LogP contribution in [0.4, 0.5) is 5.69 Å². The van der Waals surface area contributed by atoms with Crippen LogP contribution in [0.5, 0.6) is 0 Å². The van der Waals surface area contributed by atoms with E-state index < -0.39 is 10.9 Å². The molecule has 1 N–H and O–H groups in total. The van der Waals surface area contributed by atoms with Gasteiger partial charge in [0.25, 0.3) is 5.69 Å². The fourth-order valence-electron chi connectivity index (χ4n) is 1.31. The number of nitro groups is 1. The maximum absolute atomic E-state index is 11.1. The zero-order chi connectivity index (χ0) is 13.7. The van der Waals surface area contributed by atoms with E-state index in [4.69, 9.17) is 16.7 Å². The molecule has 0 aromatic heterocycles. The SMILES string of the molecule is CCCCSc1c(Cl)cc([N+](=O)[O-])cc1C(=O)O. The van der Waals surface area contributed by atoms with Gasteiger partial charge in [-0.3, -0.25) is 10.1 Å². The highest BCUT2D eigenvalue weighted by Gasteiger charge is 2.20. The fourth-order valence-corrected chi connectivity index (χ4v) is 2.82. The largest absolute Gasteiger partial charge is 0.478 e. The molecule has 0 amide bonds. The van der Waals surface area contributed by atoms with Crippen LogP contribution in [0.3, 0.4) is 0 Å². The summed E-state index contributed by atoms with van der Waals surface area (Å²) in [4.78, 5) is 21.5. The number of benzene rings is 1. The first-order valence-corrected chi connectivity index (χ1v) is 6.67. The Kier molecular flexibility index (Phi) is 5.43. The van der Waals surface area contributed by atoms with Gasteiger partial charge in [-0.05, 0) is 12.2 Å². The lowest BCUT2D eigenvalue weighted by atomic mass is 10.2. The summed E-state index contributed by atoms with van der Waals surface area (Å²) < 4.78 is 0. The lowest BCUT2D eigenvalue weighted by molar-refractivity contribution is -0.384. The molecule has 0 bridgehead atoms. The van der Waals surface area contributed by atoms with Gasteiger partial charge in [0, 0.05) is 17.0 Å². The monoisotopic (exact) mass is 289 g/mol. The number of rotatable bonds is 6. The van der Waals surface area contributed by atoms with Crippen molar-refractivity contribution in [3.63, 3.8) is 0 Å². The minimum atomic E-state index is -1.21. The molecule has 18 heavy (non-hydrogen) atoms. The molecular weight excluding hydrogens is 278 g/mol. The first-order chi connectivity index (χ1) is 8.47. The molecule has 0 spiro atoms. The van der Waals surface area contributed by atoms with Crippen molar-refractivity contribution in [1.29, 1.82) is 0 Å². The predicted molar refractivity (Wildman–Crippen MR) is 70.7 cm³/mol. The normalized spacial score (nSPS) is 10.3. The van der Waals surface area contributed by atoms with Crippen LogP contribution in [0.25, 0.3) is 0 Å². The van der Waals surface area contributed by atoms with Crippen molar-refractivity contribution in [3.05, 3.63) is 32.8 Å². The van der Waals surface area contributed by atoms with Crippen LogP contribution in [-0.2, 0) is 0 Å². The van der Waals surface area contributed by atoms with Gasteiger partial charge in [-0.15, -0.1) is 11.8 Å². The number of carbonyl (C=O) groups is 1. The molecule has 0 fully saturated rings. The Hall–Kier alpha value is -1.27. The Morgan fingerprint density at radius 1 is 1.56 bits per heavy atom. The van der Waals surface area contributed by atoms with E-state index in [0.717, 1.165) is 24.7 Å². The van der Waals surface area contributed by atoms with E-state index in [0.29, 0.717) is 4.90 Å². The molecule has 0 heterocycles. The maximum atomic E-state index is 11.1. The first kappa shape index (κ1) is 14.8. The Morgan fingerprint density at radius 3 is 2.72 bits per heavy atom. The number of nitro benzene ring substituents is 1. The van der Waals surface area contributed by atoms with Crippen molar-refractivity contribution >= 4 is 35.0 Å². The van der Waals surface area contributed by atoms with Crippen molar-refractivity contribution < 1.29 is 14.8 Å². The molecule has 0 saturated heterocycles. The number of nitrogens with zero attached hydrogens (tertiary/aromatic N) is 1. The van der Waals surface area contributed by atoms with Crippen molar-refractivity contribution in [3.8, 4) is 0 Å². The molecule has 0 aliphatic rings. The van der Waals surface area contributed by atoms with Crippen LogP contribution in [0.1, 0.15) is 30.1 Å². The third-order valence-corrected chi connectivity index (χ3v) is 3.85. The topological polar surface area (TPSA) is 80.4 Å². The summed E-state index contributed by atoms with van der Waals surface area (Å²) in [5.41, 5.74) is -0.424. The smallest absolute Gasteiger partial charge is 0.337 e. The highest BCUT2D eigenvalue weighted by molar-refractivity contribution is 7.99.